The van der Waals surface area contributed by atoms with Gasteiger partial charge in [-0.15, -0.1) is 0 Å². The normalized spacial score (nSPS) is 11.4. The van der Waals surface area contributed by atoms with Gasteiger partial charge in [0, 0.05) is 41.6 Å². The van der Waals surface area contributed by atoms with E-state index in [0.717, 1.165) is 18.4 Å². The van der Waals surface area contributed by atoms with Gasteiger partial charge in [0.25, 0.3) is 11.1 Å². The molecule has 8 heteroatoms. The minimum absolute atomic E-state index is 0.142. The molecule has 0 radical (unpaired) electrons. The summed E-state index contributed by atoms with van der Waals surface area (Å²) in [5.41, 5.74) is 0.964. The maximum absolute atomic E-state index is 13.7. The molecular weight excluding hydrogens is 408 g/mol. The molecule has 3 heterocycles. The van der Waals surface area contributed by atoms with E-state index in [9.17, 15) is 9.59 Å². The molecule has 0 spiro atoms. The van der Waals surface area contributed by atoms with Crippen molar-refractivity contribution in [3.8, 4) is 11.5 Å². The zero-order valence-electron chi connectivity index (χ0n) is 17.8. The van der Waals surface area contributed by atoms with Crippen LogP contribution in [0.15, 0.2) is 64.7 Å². The van der Waals surface area contributed by atoms with Crippen molar-refractivity contribution in [1.82, 2.24) is 19.1 Å². The third-order valence-corrected chi connectivity index (χ3v) is 5.80. The molecule has 3 aromatic heterocycles. The SMILES string of the molecule is COc1cc2c(=O)n(CCCn3ccnc3)c3c4ccccc4c(=O)[nH]c3c2cc1OC. The molecule has 32 heavy (non-hydrogen) atoms. The number of nitrogens with zero attached hydrogens (tertiary/aromatic N) is 3. The number of nitrogens with one attached hydrogen (secondary N) is 1. The van der Waals surface area contributed by atoms with Gasteiger partial charge in [-0.3, -0.25) is 9.59 Å². The van der Waals surface area contributed by atoms with Gasteiger partial charge in [0.2, 0.25) is 0 Å². The second-order valence-corrected chi connectivity index (χ2v) is 7.59. The van der Waals surface area contributed by atoms with E-state index in [1.165, 1.54) is 7.11 Å². The smallest absolute Gasteiger partial charge is 0.259 e. The maximum Gasteiger partial charge on any atom is 0.259 e. The van der Waals surface area contributed by atoms with Crippen LogP contribution in [-0.2, 0) is 13.1 Å². The molecular formula is C24H22N4O4. The minimum atomic E-state index is -0.201. The number of benzene rings is 2. The number of aromatic amines is 1. The van der Waals surface area contributed by atoms with E-state index in [4.69, 9.17) is 9.47 Å². The Labute approximate surface area is 182 Å². The Balaban J connectivity index is 1.84. The topological polar surface area (TPSA) is 91.1 Å². The molecule has 8 nitrogen and oxygen atoms in total. The van der Waals surface area contributed by atoms with Crippen LogP contribution in [0.4, 0.5) is 0 Å². The fourth-order valence-electron chi connectivity index (χ4n) is 4.29. The Kier molecular flexibility index (Phi) is 4.89. The van der Waals surface area contributed by atoms with Crippen LogP contribution < -0.4 is 20.6 Å². The number of fused-ring (bicyclic) bond motifs is 5. The summed E-state index contributed by atoms with van der Waals surface area (Å²) in [6.07, 6.45) is 6.10. The van der Waals surface area contributed by atoms with E-state index >= 15 is 0 Å². The van der Waals surface area contributed by atoms with Gasteiger partial charge in [0.15, 0.2) is 11.5 Å². The molecule has 0 fully saturated rings. The van der Waals surface area contributed by atoms with Gasteiger partial charge < -0.3 is 23.6 Å². The maximum atomic E-state index is 13.7. The Morgan fingerprint density at radius 3 is 2.34 bits per heavy atom. The first kappa shape index (κ1) is 19.9. The highest BCUT2D eigenvalue weighted by molar-refractivity contribution is 6.13. The fourth-order valence-corrected chi connectivity index (χ4v) is 4.29. The lowest BCUT2D eigenvalue weighted by molar-refractivity contribution is 0.356. The Morgan fingerprint density at radius 1 is 0.938 bits per heavy atom. The molecule has 0 bridgehead atoms. The van der Waals surface area contributed by atoms with Gasteiger partial charge >= 0.3 is 0 Å². The zero-order valence-corrected chi connectivity index (χ0v) is 17.8. The number of hydrogen-bond acceptors (Lipinski definition) is 5. The summed E-state index contributed by atoms with van der Waals surface area (Å²) in [6, 6.07) is 10.8. The molecule has 1 N–H and O–H groups in total. The number of aryl methyl sites for hydroxylation is 2. The van der Waals surface area contributed by atoms with Crippen molar-refractivity contribution in [3.05, 3.63) is 75.8 Å². The van der Waals surface area contributed by atoms with Gasteiger partial charge in [-0.2, -0.15) is 0 Å². The number of rotatable bonds is 6. The highest BCUT2D eigenvalue weighted by Gasteiger charge is 2.18. The summed E-state index contributed by atoms with van der Waals surface area (Å²) in [4.78, 5) is 33.6. The highest BCUT2D eigenvalue weighted by atomic mass is 16.5. The molecule has 0 aliphatic rings. The van der Waals surface area contributed by atoms with Crippen molar-refractivity contribution < 1.29 is 9.47 Å². The van der Waals surface area contributed by atoms with Crippen molar-refractivity contribution in [2.24, 2.45) is 0 Å². The zero-order chi connectivity index (χ0) is 22.2. The second kappa shape index (κ2) is 7.88. The van der Waals surface area contributed by atoms with Crippen molar-refractivity contribution in [2.75, 3.05) is 14.2 Å². The molecule has 0 aliphatic heterocycles. The van der Waals surface area contributed by atoms with Crippen molar-refractivity contribution in [3.63, 3.8) is 0 Å². The summed E-state index contributed by atoms with van der Waals surface area (Å²) in [5, 5.41) is 2.37. The van der Waals surface area contributed by atoms with E-state index in [1.54, 1.807) is 42.4 Å². The number of methoxy groups -OCH3 is 2. The van der Waals surface area contributed by atoms with Gasteiger partial charge in [0.05, 0.1) is 37.0 Å². The first-order chi connectivity index (χ1) is 15.6. The van der Waals surface area contributed by atoms with Gasteiger partial charge in [-0.05, 0) is 24.6 Å². The van der Waals surface area contributed by atoms with Gasteiger partial charge in [-0.25, -0.2) is 4.98 Å². The van der Waals surface area contributed by atoms with E-state index in [-0.39, 0.29) is 11.1 Å². The molecule has 0 saturated heterocycles. The van der Waals surface area contributed by atoms with Crippen LogP contribution in [0.1, 0.15) is 6.42 Å². The first-order valence-electron chi connectivity index (χ1n) is 10.3. The van der Waals surface area contributed by atoms with Crippen LogP contribution in [0.3, 0.4) is 0 Å². The van der Waals surface area contributed by atoms with E-state index in [1.807, 2.05) is 29.0 Å². The summed E-state index contributed by atoms with van der Waals surface area (Å²) in [6.45, 7) is 1.20. The number of hydrogen-bond donors (Lipinski definition) is 1. The fraction of sp³-hybridized carbons (Fsp3) is 0.208. The Morgan fingerprint density at radius 2 is 1.66 bits per heavy atom. The van der Waals surface area contributed by atoms with Crippen LogP contribution >= 0.6 is 0 Å². The predicted molar refractivity (Wildman–Crippen MR) is 124 cm³/mol. The van der Waals surface area contributed by atoms with Crippen LogP contribution in [-0.4, -0.2) is 33.3 Å². The summed E-state index contributed by atoms with van der Waals surface area (Å²) in [5.74, 6) is 0.956. The standard InChI is InChI=1S/C24H22N4O4/c1-31-19-12-17-18(13-20(19)32-2)24(30)28(10-5-9-27-11-8-25-14-27)22-15-6-3-4-7-16(15)23(29)26-21(17)22/h3-4,6-8,11-14H,5,9-10H2,1-2H3,(H,26,29). The van der Waals surface area contributed by atoms with Crippen molar-refractivity contribution in [2.45, 2.75) is 19.5 Å². The van der Waals surface area contributed by atoms with E-state index < -0.39 is 0 Å². The molecule has 2 aromatic carbocycles. The van der Waals surface area contributed by atoms with Crippen LogP contribution in [0.5, 0.6) is 11.5 Å². The first-order valence-corrected chi connectivity index (χ1v) is 10.3. The Bertz CT molecular complexity index is 1570. The molecule has 0 unspecified atom stereocenters. The highest BCUT2D eigenvalue weighted by Crippen LogP contribution is 2.34. The average Bonchev–Trinajstić information content (AvgIpc) is 3.34. The number of imidazole rings is 1. The second-order valence-electron chi connectivity index (χ2n) is 7.59. The number of pyridine rings is 2. The van der Waals surface area contributed by atoms with Gasteiger partial charge in [0.1, 0.15) is 0 Å². The third-order valence-electron chi connectivity index (χ3n) is 5.80. The monoisotopic (exact) mass is 430 g/mol. The predicted octanol–water partition coefficient (Wildman–Crippen LogP) is 3.30. The van der Waals surface area contributed by atoms with E-state index in [0.29, 0.717) is 45.2 Å². The minimum Gasteiger partial charge on any atom is -0.493 e. The average molecular weight is 430 g/mol. The van der Waals surface area contributed by atoms with Gasteiger partial charge in [-0.1, -0.05) is 18.2 Å². The molecule has 162 valence electrons. The summed E-state index contributed by atoms with van der Waals surface area (Å²) in [7, 11) is 3.07. The quantitative estimate of drug-likeness (QED) is 0.418. The van der Waals surface area contributed by atoms with Crippen LogP contribution in [0.25, 0.3) is 32.6 Å². The lowest BCUT2D eigenvalue weighted by Gasteiger charge is -2.17. The summed E-state index contributed by atoms with van der Waals surface area (Å²) >= 11 is 0. The summed E-state index contributed by atoms with van der Waals surface area (Å²) < 4.78 is 14.6. The largest absolute Gasteiger partial charge is 0.493 e. The van der Waals surface area contributed by atoms with Crippen LogP contribution in [0, 0.1) is 0 Å². The molecule has 0 amide bonds. The molecule has 0 atom stereocenters. The van der Waals surface area contributed by atoms with E-state index in [2.05, 4.69) is 9.97 Å². The number of H-pyrrole nitrogens is 1. The molecule has 5 aromatic rings. The van der Waals surface area contributed by atoms with Crippen molar-refractivity contribution >= 4 is 32.6 Å². The molecule has 0 aliphatic carbocycles. The lowest BCUT2D eigenvalue weighted by atomic mass is 10.0. The van der Waals surface area contributed by atoms with Crippen LogP contribution in [0.2, 0.25) is 0 Å². The molecule has 0 saturated carbocycles. The van der Waals surface area contributed by atoms with Crippen molar-refractivity contribution in [1.29, 1.82) is 0 Å². The Hall–Kier alpha value is -4.07. The lowest BCUT2D eigenvalue weighted by Crippen LogP contribution is -2.23. The molecule has 5 rings (SSSR count). The number of ether oxygens (including phenoxy) is 2. The third kappa shape index (κ3) is 3.11. The number of aromatic nitrogens is 4.